The van der Waals surface area contributed by atoms with Gasteiger partial charge in [0.15, 0.2) is 11.8 Å². The Balaban J connectivity index is 2.85. The van der Waals surface area contributed by atoms with Gasteiger partial charge in [0.25, 0.3) is 0 Å². The zero-order valence-electron chi connectivity index (χ0n) is 7.61. The van der Waals surface area contributed by atoms with Gasteiger partial charge in [-0.25, -0.2) is 9.98 Å². The van der Waals surface area contributed by atoms with Crippen molar-refractivity contribution in [3.8, 4) is 0 Å². The van der Waals surface area contributed by atoms with Crippen molar-refractivity contribution in [2.24, 2.45) is 10.9 Å². The molecule has 13 heavy (non-hydrogen) atoms. The average molecular weight is 174 g/mol. The molecule has 0 spiro atoms. The molecule has 3 heteroatoms. The van der Waals surface area contributed by atoms with Crippen molar-refractivity contribution in [1.29, 1.82) is 0 Å². The SMILES string of the molecule is CC(C)C1=c2ocnc2=CC=C=N1. The third kappa shape index (κ3) is 1.34. The van der Waals surface area contributed by atoms with Gasteiger partial charge in [0.2, 0.25) is 0 Å². The Labute approximate surface area is 75.8 Å². The zero-order chi connectivity index (χ0) is 9.26. The van der Waals surface area contributed by atoms with E-state index < -0.39 is 0 Å². The highest BCUT2D eigenvalue weighted by Crippen LogP contribution is 2.08. The molecule has 0 bridgehead atoms. The molecule has 1 aromatic rings. The summed E-state index contributed by atoms with van der Waals surface area (Å²) in [6.45, 7) is 4.14. The van der Waals surface area contributed by atoms with E-state index in [-0.39, 0.29) is 0 Å². The molecule has 66 valence electrons. The lowest BCUT2D eigenvalue weighted by molar-refractivity contribution is 0.516. The molecule has 1 aliphatic heterocycles. The van der Waals surface area contributed by atoms with Gasteiger partial charge < -0.3 is 4.42 Å². The van der Waals surface area contributed by atoms with Gasteiger partial charge in [-0.15, -0.1) is 0 Å². The van der Waals surface area contributed by atoms with Crippen molar-refractivity contribution >= 4 is 17.6 Å². The molecule has 1 aliphatic rings. The van der Waals surface area contributed by atoms with Crippen LogP contribution in [0.15, 0.2) is 21.9 Å². The minimum absolute atomic E-state index is 0.319. The molecule has 2 rings (SSSR count). The maximum Gasteiger partial charge on any atom is 0.182 e. The smallest absolute Gasteiger partial charge is 0.182 e. The highest BCUT2D eigenvalue weighted by molar-refractivity contribution is 5.69. The van der Waals surface area contributed by atoms with Gasteiger partial charge in [-0.2, -0.15) is 0 Å². The van der Waals surface area contributed by atoms with Crippen LogP contribution in [0, 0.1) is 5.92 Å². The van der Waals surface area contributed by atoms with E-state index in [4.69, 9.17) is 4.42 Å². The quantitative estimate of drug-likeness (QED) is 0.620. The standard InChI is InChI=1S/C10H10N2O/c1-7(2)9-10-8(12-6-13-10)4-3-5-11-9/h3-4,6-7H,1-2H3. The summed E-state index contributed by atoms with van der Waals surface area (Å²) in [6, 6.07) is 0. The molecule has 0 unspecified atom stereocenters. The van der Waals surface area contributed by atoms with Crippen LogP contribution in [0.5, 0.6) is 0 Å². The molecule has 0 radical (unpaired) electrons. The summed E-state index contributed by atoms with van der Waals surface area (Å²) in [5.74, 6) is 3.14. The Morgan fingerprint density at radius 2 is 2.31 bits per heavy atom. The number of aliphatic imine (C=N–C) groups is 1. The van der Waals surface area contributed by atoms with E-state index in [1.807, 2.05) is 6.08 Å². The van der Waals surface area contributed by atoms with Crippen LogP contribution in [0.2, 0.25) is 0 Å². The summed E-state index contributed by atoms with van der Waals surface area (Å²) in [5.41, 5.74) is 1.66. The highest BCUT2D eigenvalue weighted by atomic mass is 16.3. The van der Waals surface area contributed by atoms with E-state index in [0.29, 0.717) is 5.92 Å². The van der Waals surface area contributed by atoms with E-state index in [1.54, 1.807) is 6.08 Å². The Bertz CT molecular complexity index is 487. The fourth-order valence-electron chi connectivity index (χ4n) is 1.23. The summed E-state index contributed by atoms with van der Waals surface area (Å²) >= 11 is 0. The molecule has 1 aromatic heterocycles. The third-order valence-corrected chi connectivity index (χ3v) is 1.88. The number of hydrogen-bond acceptors (Lipinski definition) is 3. The predicted molar refractivity (Wildman–Crippen MR) is 50.5 cm³/mol. The molecule has 3 nitrogen and oxygen atoms in total. The van der Waals surface area contributed by atoms with Gasteiger partial charge >= 0.3 is 0 Å². The van der Waals surface area contributed by atoms with Gasteiger partial charge in [-0.3, -0.25) is 0 Å². The number of allylic oxidation sites excluding steroid dienone is 1. The zero-order valence-corrected chi connectivity index (χ0v) is 7.61. The van der Waals surface area contributed by atoms with E-state index >= 15 is 0 Å². The van der Waals surface area contributed by atoms with E-state index in [1.165, 1.54) is 6.39 Å². The van der Waals surface area contributed by atoms with Crippen LogP contribution in [0.1, 0.15) is 13.8 Å². The summed E-state index contributed by atoms with van der Waals surface area (Å²) < 4.78 is 5.28. The van der Waals surface area contributed by atoms with Crippen LogP contribution < -0.4 is 10.8 Å². The molecular weight excluding hydrogens is 164 g/mol. The molecule has 0 saturated carbocycles. The number of aromatic nitrogens is 1. The first kappa shape index (κ1) is 8.02. The summed E-state index contributed by atoms with van der Waals surface area (Å²) in [4.78, 5) is 8.26. The van der Waals surface area contributed by atoms with E-state index in [0.717, 1.165) is 16.5 Å². The normalized spacial score (nSPS) is 14.2. The molecule has 0 amide bonds. The number of fused-ring (bicyclic) bond motifs is 1. The Morgan fingerprint density at radius 1 is 1.46 bits per heavy atom. The summed E-state index contributed by atoms with van der Waals surface area (Å²) in [6.07, 6.45) is 5.03. The Morgan fingerprint density at radius 3 is 3.08 bits per heavy atom. The Hall–Kier alpha value is -1.60. The summed E-state index contributed by atoms with van der Waals surface area (Å²) in [7, 11) is 0. The maximum absolute atomic E-state index is 5.28. The second-order valence-electron chi connectivity index (χ2n) is 3.18. The third-order valence-electron chi connectivity index (χ3n) is 1.88. The molecule has 0 aromatic carbocycles. The lowest BCUT2D eigenvalue weighted by atomic mass is 10.1. The largest absolute Gasteiger partial charge is 0.442 e. The van der Waals surface area contributed by atoms with Gasteiger partial charge in [0.05, 0.1) is 5.70 Å². The van der Waals surface area contributed by atoms with Crippen molar-refractivity contribution in [2.45, 2.75) is 13.8 Å². The van der Waals surface area contributed by atoms with Crippen LogP contribution in [0.4, 0.5) is 0 Å². The first-order valence-corrected chi connectivity index (χ1v) is 4.22. The number of rotatable bonds is 1. The van der Waals surface area contributed by atoms with Crippen molar-refractivity contribution in [3.05, 3.63) is 23.2 Å². The monoisotopic (exact) mass is 174 g/mol. The van der Waals surface area contributed by atoms with Crippen LogP contribution in [-0.4, -0.2) is 10.9 Å². The molecule has 0 atom stereocenters. The van der Waals surface area contributed by atoms with Crippen LogP contribution in [0.25, 0.3) is 11.8 Å². The fraction of sp³-hybridized carbons (Fsp3) is 0.300. The number of oxazole rings is 1. The van der Waals surface area contributed by atoms with Crippen molar-refractivity contribution in [1.82, 2.24) is 4.98 Å². The van der Waals surface area contributed by atoms with E-state index in [2.05, 4.69) is 29.7 Å². The number of hydrogen-bond donors (Lipinski definition) is 0. The van der Waals surface area contributed by atoms with Crippen molar-refractivity contribution in [2.75, 3.05) is 0 Å². The van der Waals surface area contributed by atoms with Gasteiger partial charge in [0, 0.05) is 12.0 Å². The van der Waals surface area contributed by atoms with Crippen LogP contribution in [-0.2, 0) is 0 Å². The minimum Gasteiger partial charge on any atom is -0.442 e. The predicted octanol–water partition coefficient (Wildman–Crippen LogP) is 0.459. The minimum atomic E-state index is 0.319. The molecule has 0 aliphatic carbocycles. The first-order valence-electron chi connectivity index (χ1n) is 4.22. The molecular formula is C10H10N2O. The van der Waals surface area contributed by atoms with Crippen LogP contribution >= 0.6 is 0 Å². The Kier molecular flexibility index (Phi) is 1.87. The van der Waals surface area contributed by atoms with Crippen LogP contribution in [0.3, 0.4) is 0 Å². The summed E-state index contributed by atoms with van der Waals surface area (Å²) in [5, 5.41) is 0.831. The first-order chi connectivity index (χ1) is 6.29. The second-order valence-corrected chi connectivity index (χ2v) is 3.18. The van der Waals surface area contributed by atoms with E-state index in [9.17, 15) is 0 Å². The molecule has 2 heterocycles. The van der Waals surface area contributed by atoms with Gasteiger partial charge in [-0.1, -0.05) is 13.8 Å². The topological polar surface area (TPSA) is 38.4 Å². The second kappa shape index (κ2) is 3.04. The highest BCUT2D eigenvalue weighted by Gasteiger charge is 2.07. The lowest BCUT2D eigenvalue weighted by Gasteiger charge is -1.99. The lowest BCUT2D eigenvalue weighted by Crippen LogP contribution is -2.25. The fourth-order valence-corrected chi connectivity index (χ4v) is 1.23. The molecule has 0 N–H and O–H groups in total. The van der Waals surface area contributed by atoms with Crippen molar-refractivity contribution < 1.29 is 4.42 Å². The average Bonchev–Trinajstić information content (AvgIpc) is 2.44. The van der Waals surface area contributed by atoms with Gasteiger partial charge in [0.1, 0.15) is 5.35 Å². The maximum atomic E-state index is 5.28. The molecule has 0 saturated heterocycles. The van der Waals surface area contributed by atoms with Crippen molar-refractivity contribution in [3.63, 3.8) is 0 Å². The number of nitrogens with zero attached hydrogens (tertiary/aromatic N) is 2. The molecule has 0 fully saturated rings. The van der Waals surface area contributed by atoms with Gasteiger partial charge in [-0.05, 0) is 11.9 Å².